The summed E-state index contributed by atoms with van der Waals surface area (Å²) >= 11 is 0. The molecule has 1 N–H and O–H groups in total. The van der Waals surface area contributed by atoms with Crippen LogP contribution in [-0.2, 0) is 27.2 Å². The summed E-state index contributed by atoms with van der Waals surface area (Å²) in [6, 6.07) is 2.41. The van der Waals surface area contributed by atoms with Crippen molar-refractivity contribution in [3.05, 3.63) is 29.2 Å². The fourth-order valence-corrected chi connectivity index (χ4v) is 4.73. The van der Waals surface area contributed by atoms with Crippen LogP contribution in [0.4, 0.5) is 0 Å². The monoisotopic (exact) mass is 428 g/mol. The highest BCUT2D eigenvalue weighted by Gasteiger charge is 2.40. The van der Waals surface area contributed by atoms with E-state index in [9.17, 15) is 4.79 Å². The molecule has 4 rings (SSSR count). The Hall–Kier alpha value is -1.96. The van der Waals surface area contributed by atoms with Gasteiger partial charge in [-0.1, -0.05) is 6.92 Å². The molecule has 2 atom stereocenters. The molecule has 2 aliphatic rings. The van der Waals surface area contributed by atoms with Gasteiger partial charge in [0, 0.05) is 51.0 Å². The topological polar surface area (TPSA) is 68.6 Å². The van der Waals surface area contributed by atoms with Crippen LogP contribution in [0.3, 0.4) is 0 Å². The largest absolute Gasteiger partial charge is 0.385 e. The van der Waals surface area contributed by atoms with Gasteiger partial charge in [-0.2, -0.15) is 0 Å². The van der Waals surface area contributed by atoms with Gasteiger partial charge in [0.15, 0.2) is 0 Å². The van der Waals surface area contributed by atoms with E-state index in [0.717, 1.165) is 56.8 Å². The lowest BCUT2D eigenvalue weighted by Gasteiger charge is -2.34. The molecule has 1 saturated heterocycles. The second kappa shape index (κ2) is 9.67. The van der Waals surface area contributed by atoms with Crippen molar-refractivity contribution in [1.29, 1.82) is 0 Å². The molecule has 2 aromatic heterocycles. The first kappa shape index (κ1) is 22.2. The van der Waals surface area contributed by atoms with E-state index in [4.69, 9.17) is 14.5 Å². The predicted molar refractivity (Wildman–Crippen MR) is 121 cm³/mol. The molecule has 1 aliphatic carbocycles. The van der Waals surface area contributed by atoms with Crippen LogP contribution in [-0.4, -0.2) is 65.9 Å². The zero-order valence-corrected chi connectivity index (χ0v) is 19.3. The third kappa shape index (κ3) is 4.64. The second-order valence-electron chi connectivity index (χ2n) is 8.81. The number of hydrogen-bond acceptors (Lipinski definition) is 5. The molecule has 1 saturated carbocycles. The third-order valence-electron chi connectivity index (χ3n) is 6.47. The predicted octanol–water partition coefficient (Wildman–Crippen LogP) is 2.98. The lowest BCUT2D eigenvalue weighted by atomic mass is 10.1. The summed E-state index contributed by atoms with van der Waals surface area (Å²) in [6.45, 7) is 10.1. The Bertz CT molecular complexity index is 915. The summed E-state index contributed by atoms with van der Waals surface area (Å²) in [5.74, 6) is 0.0915. The highest BCUT2D eigenvalue weighted by Crippen LogP contribution is 2.36. The number of carbonyl (C=O) groups excluding carboxylic acids is 1. The summed E-state index contributed by atoms with van der Waals surface area (Å²) in [4.78, 5) is 20.5. The van der Waals surface area contributed by atoms with Gasteiger partial charge in [0.2, 0.25) is 0 Å². The number of aryl methyl sites for hydroxylation is 3. The normalized spacial score (nSPS) is 20.2. The van der Waals surface area contributed by atoms with Crippen molar-refractivity contribution < 1.29 is 14.3 Å². The number of nitrogens with one attached hydrogen (secondary N) is 1. The van der Waals surface area contributed by atoms with E-state index in [1.54, 1.807) is 7.11 Å². The Morgan fingerprint density at radius 2 is 2.26 bits per heavy atom. The van der Waals surface area contributed by atoms with Crippen LogP contribution in [0.2, 0.25) is 0 Å². The summed E-state index contributed by atoms with van der Waals surface area (Å²) < 4.78 is 13.4. The first-order valence-corrected chi connectivity index (χ1v) is 11.7. The smallest absolute Gasteiger partial charge is 0.253 e. The van der Waals surface area contributed by atoms with E-state index in [0.29, 0.717) is 19.2 Å². The van der Waals surface area contributed by atoms with E-state index >= 15 is 0 Å². The number of hydrogen-bond donors (Lipinski definition) is 1. The summed E-state index contributed by atoms with van der Waals surface area (Å²) in [5, 5.41) is 4.53. The van der Waals surface area contributed by atoms with Gasteiger partial charge in [0.1, 0.15) is 6.10 Å². The molecule has 7 heteroatoms. The molecule has 2 aromatic rings. The fourth-order valence-electron chi connectivity index (χ4n) is 4.73. The quantitative estimate of drug-likeness (QED) is 0.622. The van der Waals surface area contributed by atoms with E-state index in [-0.39, 0.29) is 11.9 Å². The van der Waals surface area contributed by atoms with Gasteiger partial charge in [-0.25, -0.2) is 0 Å². The van der Waals surface area contributed by atoms with Crippen molar-refractivity contribution in [1.82, 2.24) is 19.8 Å². The number of pyridine rings is 1. The number of ether oxygens (including phenoxy) is 2. The maximum atomic E-state index is 13.4. The molecule has 3 heterocycles. The van der Waals surface area contributed by atoms with Gasteiger partial charge < -0.3 is 24.3 Å². The Labute approximate surface area is 185 Å². The van der Waals surface area contributed by atoms with E-state index in [2.05, 4.69) is 42.9 Å². The van der Waals surface area contributed by atoms with Crippen molar-refractivity contribution >= 4 is 16.8 Å². The van der Waals surface area contributed by atoms with Gasteiger partial charge in [-0.05, 0) is 51.2 Å². The lowest BCUT2D eigenvalue weighted by Crippen LogP contribution is -2.50. The Morgan fingerprint density at radius 1 is 1.45 bits per heavy atom. The number of fused-ring (bicyclic) bond motifs is 1. The first-order valence-electron chi connectivity index (χ1n) is 11.7. The summed E-state index contributed by atoms with van der Waals surface area (Å²) in [6.07, 6.45) is 5.78. The minimum atomic E-state index is -0.397. The van der Waals surface area contributed by atoms with Crippen LogP contribution < -0.4 is 5.32 Å². The molecular formula is C24H36N4O3. The highest BCUT2D eigenvalue weighted by atomic mass is 16.5. The highest BCUT2D eigenvalue weighted by molar-refractivity contribution is 5.87. The average molecular weight is 429 g/mol. The maximum Gasteiger partial charge on any atom is 0.253 e. The number of rotatable bonds is 9. The van der Waals surface area contributed by atoms with E-state index in [1.807, 2.05) is 4.90 Å². The molecule has 0 radical (unpaired) electrons. The van der Waals surface area contributed by atoms with Gasteiger partial charge in [0.05, 0.1) is 29.6 Å². The number of aromatic nitrogens is 2. The molecule has 0 spiro atoms. The second-order valence-corrected chi connectivity index (χ2v) is 8.81. The molecule has 0 bridgehead atoms. The Kier molecular flexibility index (Phi) is 6.94. The number of nitrogens with zero attached hydrogens (tertiary/aromatic N) is 3. The summed E-state index contributed by atoms with van der Waals surface area (Å²) in [7, 11) is 1.74. The fraction of sp³-hybridized carbons (Fsp3) is 0.667. The van der Waals surface area contributed by atoms with Crippen LogP contribution in [0.25, 0.3) is 10.9 Å². The summed E-state index contributed by atoms with van der Waals surface area (Å²) in [5.41, 5.74) is 4.55. The van der Waals surface area contributed by atoms with E-state index in [1.165, 1.54) is 16.5 Å². The van der Waals surface area contributed by atoms with Crippen LogP contribution >= 0.6 is 0 Å². The van der Waals surface area contributed by atoms with Crippen molar-refractivity contribution in [3.63, 3.8) is 0 Å². The minimum absolute atomic E-state index is 0.0807. The molecule has 7 nitrogen and oxygen atoms in total. The lowest BCUT2D eigenvalue weighted by molar-refractivity contribution is -0.148. The van der Waals surface area contributed by atoms with Gasteiger partial charge in [-0.15, -0.1) is 0 Å². The molecule has 1 aliphatic heterocycles. The van der Waals surface area contributed by atoms with Gasteiger partial charge in [-0.3, -0.25) is 9.78 Å². The third-order valence-corrected chi connectivity index (χ3v) is 6.47. The number of amides is 1. The first-order chi connectivity index (χ1) is 15.0. The molecule has 0 unspecified atom stereocenters. The molecule has 31 heavy (non-hydrogen) atoms. The zero-order valence-electron chi connectivity index (χ0n) is 19.3. The van der Waals surface area contributed by atoms with Crippen molar-refractivity contribution in [2.24, 2.45) is 0 Å². The number of carbonyl (C=O) groups is 1. The standard InChI is InChI=1S/C24H36N4O3/c1-5-19-23-16(2)15-27(10-6-11-30-4)21(23)13-20(26-19)17(3)28(18-7-8-18)24(29)22-14-25-9-12-31-22/h13,15,17-18,22,25H,5-12,14H2,1-4H3/t17-,22-/m1/s1. The van der Waals surface area contributed by atoms with Gasteiger partial charge in [0.25, 0.3) is 5.91 Å². The number of methoxy groups -OCH3 is 1. The van der Waals surface area contributed by atoms with Crippen molar-refractivity contribution in [2.75, 3.05) is 33.4 Å². The van der Waals surface area contributed by atoms with Crippen molar-refractivity contribution in [2.45, 2.75) is 71.2 Å². The van der Waals surface area contributed by atoms with Crippen LogP contribution in [0, 0.1) is 6.92 Å². The molecule has 0 aromatic carbocycles. The molecular weight excluding hydrogens is 392 g/mol. The van der Waals surface area contributed by atoms with Crippen LogP contribution in [0.5, 0.6) is 0 Å². The van der Waals surface area contributed by atoms with Crippen LogP contribution in [0.1, 0.15) is 56.1 Å². The molecule has 170 valence electrons. The van der Waals surface area contributed by atoms with E-state index < -0.39 is 6.10 Å². The maximum absolute atomic E-state index is 13.4. The Morgan fingerprint density at radius 3 is 2.90 bits per heavy atom. The molecule has 2 fully saturated rings. The zero-order chi connectivity index (χ0) is 22.0. The number of morpholine rings is 1. The minimum Gasteiger partial charge on any atom is -0.385 e. The van der Waals surface area contributed by atoms with Crippen molar-refractivity contribution in [3.8, 4) is 0 Å². The molecule has 1 amide bonds. The Balaban J connectivity index is 1.67. The SMILES string of the molecule is CCc1nc([C@@H](C)N(C(=O)[C@H]2CNCCO2)C2CC2)cc2c1c(C)cn2CCCOC. The average Bonchev–Trinajstić information content (AvgIpc) is 3.57. The van der Waals surface area contributed by atoms with Gasteiger partial charge >= 0.3 is 0 Å². The van der Waals surface area contributed by atoms with Crippen LogP contribution in [0.15, 0.2) is 12.3 Å².